The number of hydrogen-bond acceptors (Lipinski definition) is 4. The van der Waals surface area contributed by atoms with Gasteiger partial charge in [-0.3, -0.25) is 9.69 Å². The lowest BCUT2D eigenvalue weighted by Crippen LogP contribution is -2.33. The van der Waals surface area contributed by atoms with Crippen molar-refractivity contribution in [1.82, 2.24) is 5.32 Å². The number of allylic oxidation sites excluding steroid dienone is 1. The number of amides is 2. The van der Waals surface area contributed by atoms with Crippen LogP contribution in [0.1, 0.15) is 32.6 Å². The van der Waals surface area contributed by atoms with Crippen molar-refractivity contribution in [3.63, 3.8) is 0 Å². The lowest BCUT2D eigenvalue weighted by Gasteiger charge is -2.31. The van der Waals surface area contributed by atoms with Crippen molar-refractivity contribution in [1.29, 1.82) is 0 Å². The second kappa shape index (κ2) is 8.34. The van der Waals surface area contributed by atoms with Crippen molar-refractivity contribution >= 4 is 23.4 Å². The smallest absolute Gasteiger partial charge is 0.414 e. The number of halogens is 1. The summed E-state index contributed by atoms with van der Waals surface area (Å²) in [5, 5.41) is 2.62. The van der Waals surface area contributed by atoms with E-state index in [1.165, 1.54) is 23.5 Å². The zero-order chi connectivity index (χ0) is 21.3. The molecular weight excluding hydrogens is 387 g/mol. The lowest BCUT2D eigenvalue weighted by molar-refractivity contribution is -0.119. The Morgan fingerprint density at radius 2 is 2.07 bits per heavy atom. The van der Waals surface area contributed by atoms with Crippen LogP contribution in [0.25, 0.3) is 4.85 Å². The van der Waals surface area contributed by atoms with E-state index >= 15 is 0 Å². The van der Waals surface area contributed by atoms with E-state index < -0.39 is 12.2 Å². The molecule has 0 aromatic heterocycles. The van der Waals surface area contributed by atoms with Gasteiger partial charge in [0.15, 0.2) is 5.70 Å². The van der Waals surface area contributed by atoms with Crippen molar-refractivity contribution in [2.75, 3.05) is 36.0 Å². The first-order valence-electron chi connectivity index (χ1n) is 10.3. The molecule has 1 saturated carbocycles. The molecule has 2 saturated heterocycles. The fourth-order valence-electron chi connectivity index (χ4n) is 4.11. The molecule has 0 unspecified atom stereocenters. The number of benzene rings is 1. The largest absolute Gasteiger partial charge is 0.442 e. The second-order valence-electron chi connectivity index (χ2n) is 8.05. The standard InChI is InChI=1S/C22H25FN4O3/c1-14(28)25-12-18-13-27(22(29)30-18)17-5-6-20(19(23)11-17)26-9-7-16(8-10-26)21(24-2)15-3-4-15/h5-6,11,15,18H,3-4,7-10,12-13H2,1H3,(H,25,28)/t18-/m0/s1. The predicted molar refractivity (Wildman–Crippen MR) is 110 cm³/mol. The summed E-state index contributed by atoms with van der Waals surface area (Å²) in [6.45, 7) is 10.7. The van der Waals surface area contributed by atoms with Crippen molar-refractivity contribution < 1.29 is 18.7 Å². The molecule has 1 aliphatic carbocycles. The van der Waals surface area contributed by atoms with Crippen molar-refractivity contribution in [3.8, 4) is 0 Å². The average Bonchev–Trinajstić information content (AvgIpc) is 3.49. The van der Waals surface area contributed by atoms with Gasteiger partial charge in [-0.05, 0) is 37.0 Å². The summed E-state index contributed by atoms with van der Waals surface area (Å²) in [6, 6.07) is 4.78. The molecule has 0 radical (unpaired) electrons. The Balaban J connectivity index is 1.41. The van der Waals surface area contributed by atoms with Gasteiger partial charge >= 0.3 is 6.09 Å². The Labute approximate surface area is 175 Å². The summed E-state index contributed by atoms with van der Waals surface area (Å²) in [5.41, 5.74) is 3.11. The number of cyclic esters (lactones) is 1. The average molecular weight is 412 g/mol. The molecule has 158 valence electrons. The molecule has 4 rings (SSSR count). The zero-order valence-electron chi connectivity index (χ0n) is 17.0. The van der Waals surface area contributed by atoms with Gasteiger partial charge in [-0.2, -0.15) is 0 Å². The topological polar surface area (TPSA) is 66.2 Å². The van der Waals surface area contributed by atoms with Crippen LogP contribution in [0, 0.1) is 18.3 Å². The third-order valence-electron chi connectivity index (χ3n) is 5.85. The van der Waals surface area contributed by atoms with Gasteiger partial charge in [0.05, 0.1) is 31.0 Å². The zero-order valence-corrected chi connectivity index (χ0v) is 17.0. The Bertz CT molecular complexity index is 925. The van der Waals surface area contributed by atoms with Gasteiger partial charge in [-0.1, -0.05) is 18.4 Å². The molecule has 1 atom stereocenters. The summed E-state index contributed by atoms with van der Waals surface area (Å²) in [4.78, 5) is 30.3. The van der Waals surface area contributed by atoms with Gasteiger partial charge < -0.3 is 15.0 Å². The third kappa shape index (κ3) is 4.25. The van der Waals surface area contributed by atoms with E-state index in [4.69, 9.17) is 11.3 Å². The Hall–Kier alpha value is -3.08. The second-order valence-corrected chi connectivity index (χ2v) is 8.05. The highest BCUT2D eigenvalue weighted by Crippen LogP contribution is 2.41. The van der Waals surface area contributed by atoms with Gasteiger partial charge in [0.1, 0.15) is 11.9 Å². The minimum atomic E-state index is -0.544. The number of piperidine rings is 1. The molecule has 3 fully saturated rings. The SMILES string of the molecule is [C-]#[N+]C(=C1CCN(c2ccc(N3C[C@H](CNC(C)=O)OC3=O)cc2F)CC1)C1CC1. The first-order valence-corrected chi connectivity index (χ1v) is 10.3. The maximum atomic E-state index is 14.9. The summed E-state index contributed by atoms with van der Waals surface area (Å²) < 4.78 is 20.1. The summed E-state index contributed by atoms with van der Waals surface area (Å²) >= 11 is 0. The number of nitrogens with zero attached hydrogens (tertiary/aromatic N) is 3. The maximum Gasteiger partial charge on any atom is 0.414 e. The van der Waals surface area contributed by atoms with Crippen LogP contribution in [-0.4, -0.2) is 44.3 Å². The molecule has 2 aliphatic heterocycles. The molecule has 8 heteroatoms. The van der Waals surface area contributed by atoms with Crippen LogP contribution >= 0.6 is 0 Å². The number of rotatable bonds is 5. The predicted octanol–water partition coefficient (Wildman–Crippen LogP) is 3.47. The number of carbonyl (C=O) groups is 2. The van der Waals surface area contributed by atoms with Crippen LogP contribution in [0.3, 0.4) is 0 Å². The quantitative estimate of drug-likeness (QED) is 0.752. The first kappa shape index (κ1) is 20.2. The molecule has 7 nitrogen and oxygen atoms in total. The summed E-state index contributed by atoms with van der Waals surface area (Å²) in [7, 11) is 0. The summed E-state index contributed by atoms with van der Waals surface area (Å²) in [5.74, 6) is -0.125. The highest BCUT2D eigenvalue weighted by atomic mass is 19.1. The van der Waals surface area contributed by atoms with E-state index in [-0.39, 0.29) is 24.8 Å². The number of ether oxygens (including phenoxy) is 1. The van der Waals surface area contributed by atoms with Crippen molar-refractivity contribution in [2.24, 2.45) is 5.92 Å². The van der Waals surface area contributed by atoms with Gasteiger partial charge in [-0.15, -0.1) is 0 Å². The Kier molecular flexibility index (Phi) is 5.62. The van der Waals surface area contributed by atoms with Crippen LogP contribution in [-0.2, 0) is 9.53 Å². The van der Waals surface area contributed by atoms with Crippen LogP contribution in [0.2, 0.25) is 0 Å². The fraction of sp³-hybridized carbons (Fsp3) is 0.500. The molecule has 30 heavy (non-hydrogen) atoms. The minimum absolute atomic E-state index is 0.194. The van der Waals surface area contributed by atoms with E-state index in [0.29, 0.717) is 30.4 Å². The minimum Gasteiger partial charge on any atom is -0.442 e. The number of nitrogens with one attached hydrogen (secondary N) is 1. The van der Waals surface area contributed by atoms with Crippen LogP contribution in [0.4, 0.5) is 20.6 Å². The van der Waals surface area contributed by atoms with Crippen molar-refractivity contribution in [3.05, 3.63) is 46.7 Å². The van der Waals surface area contributed by atoms with Crippen LogP contribution in [0.5, 0.6) is 0 Å². The molecule has 1 aromatic rings. The number of hydrogen-bond donors (Lipinski definition) is 1. The summed E-state index contributed by atoms with van der Waals surface area (Å²) in [6.07, 6.45) is 2.81. The lowest BCUT2D eigenvalue weighted by atomic mass is 9.99. The molecule has 2 amide bonds. The molecule has 1 aromatic carbocycles. The fourth-order valence-corrected chi connectivity index (χ4v) is 4.11. The molecule has 1 N–H and O–H groups in total. The first-order chi connectivity index (χ1) is 14.5. The normalized spacial score (nSPS) is 21.3. The molecular formula is C22H25FN4O3. The van der Waals surface area contributed by atoms with Gasteiger partial charge in [0, 0.05) is 20.0 Å². The third-order valence-corrected chi connectivity index (χ3v) is 5.85. The van der Waals surface area contributed by atoms with E-state index in [1.807, 2.05) is 4.90 Å². The molecule has 0 bridgehead atoms. The van der Waals surface area contributed by atoms with E-state index in [9.17, 15) is 14.0 Å². The molecule has 3 aliphatic rings. The molecule has 2 heterocycles. The highest BCUT2D eigenvalue weighted by molar-refractivity contribution is 5.90. The van der Waals surface area contributed by atoms with Gasteiger partial charge in [0.25, 0.3) is 0 Å². The highest BCUT2D eigenvalue weighted by Gasteiger charge is 2.33. The van der Waals surface area contributed by atoms with E-state index in [0.717, 1.165) is 31.4 Å². The number of anilines is 2. The van der Waals surface area contributed by atoms with Crippen LogP contribution in [0.15, 0.2) is 29.5 Å². The Morgan fingerprint density at radius 3 is 2.67 bits per heavy atom. The van der Waals surface area contributed by atoms with Gasteiger partial charge in [-0.25, -0.2) is 14.0 Å². The van der Waals surface area contributed by atoms with Crippen LogP contribution < -0.4 is 15.1 Å². The Morgan fingerprint density at radius 1 is 1.33 bits per heavy atom. The van der Waals surface area contributed by atoms with Gasteiger partial charge in [0.2, 0.25) is 5.91 Å². The number of carbonyl (C=O) groups excluding carboxylic acids is 2. The van der Waals surface area contributed by atoms with Crippen molar-refractivity contribution in [2.45, 2.75) is 38.7 Å². The monoisotopic (exact) mass is 412 g/mol. The van der Waals surface area contributed by atoms with E-state index in [2.05, 4.69) is 10.2 Å². The molecule has 0 spiro atoms. The maximum absolute atomic E-state index is 14.9. The van der Waals surface area contributed by atoms with E-state index in [1.54, 1.807) is 12.1 Å².